The molecule has 2 rings (SSSR count). The van der Waals surface area contributed by atoms with Crippen LogP contribution in [0.1, 0.15) is 13.3 Å². The Balaban J connectivity index is 2.50. The number of rotatable bonds is 4. The summed E-state index contributed by atoms with van der Waals surface area (Å²) in [6.07, 6.45) is 2.26. The highest BCUT2D eigenvalue weighted by molar-refractivity contribution is 5.93. The van der Waals surface area contributed by atoms with Gasteiger partial charge in [0.2, 0.25) is 0 Å². The van der Waals surface area contributed by atoms with Crippen molar-refractivity contribution < 1.29 is 4.74 Å². The molecule has 0 bridgehead atoms. The third-order valence-electron chi connectivity index (χ3n) is 3.33. The summed E-state index contributed by atoms with van der Waals surface area (Å²) < 4.78 is 5.27. The van der Waals surface area contributed by atoms with Gasteiger partial charge in [-0.15, -0.1) is 0 Å². The molecule has 1 aromatic carbocycles. The second kappa shape index (κ2) is 5.57. The van der Waals surface area contributed by atoms with Crippen LogP contribution in [0.5, 0.6) is 5.75 Å². The van der Waals surface area contributed by atoms with Gasteiger partial charge in [-0.25, -0.2) is 4.98 Å². The highest BCUT2D eigenvalue weighted by Crippen LogP contribution is 2.28. The van der Waals surface area contributed by atoms with E-state index in [9.17, 15) is 0 Å². The Bertz CT molecular complexity index is 618. The number of aromatic nitrogens is 1. The molecular weight excluding hydrogens is 238 g/mol. The Morgan fingerprint density at radius 3 is 2.89 bits per heavy atom. The Hall–Kier alpha value is -2.28. The molecule has 1 unspecified atom stereocenters. The lowest BCUT2D eigenvalue weighted by molar-refractivity contribution is 0.415. The van der Waals surface area contributed by atoms with Gasteiger partial charge in [0.1, 0.15) is 11.6 Å². The van der Waals surface area contributed by atoms with E-state index in [1.807, 2.05) is 43.1 Å². The van der Waals surface area contributed by atoms with Crippen molar-refractivity contribution in [1.82, 2.24) is 4.98 Å². The third-order valence-corrected chi connectivity index (χ3v) is 3.33. The second-order valence-electron chi connectivity index (χ2n) is 4.54. The number of nitrogens with zero attached hydrogens (tertiary/aromatic N) is 3. The minimum absolute atomic E-state index is 0.120. The number of ether oxygens (including phenoxy) is 1. The summed E-state index contributed by atoms with van der Waals surface area (Å²) in [4.78, 5) is 6.48. The van der Waals surface area contributed by atoms with Crippen molar-refractivity contribution >= 4 is 16.6 Å². The van der Waals surface area contributed by atoms with Gasteiger partial charge in [0.05, 0.1) is 19.6 Å². The summed E-state index contributed by atoms with van der Waals surface area (Å²) in [6, 6.07) is 10.2. The van der Waals surface area contributed by atoms with E-state index < -0.39 is 0 Å². The molecule has 0 aliphatic carbocycles. The van der Waals surface area contributed by atoms with Crippen LogP contribution in [0, 0.1) is 11.3 Å². The summed E-state index contributed by atoms with van der Waals surface area (Å²) in [5, 5.41) is 11.0. The zero-order valence-electron chi connectivity index (χ0n) is 11.4. The molecule has 0 radical (unpaired) electrons. The number of anilines is 1. The lowest BCUT2D eigenvalue weighted by Gasteiger charge is -2.25. The minimum Gasteiger partial charge on any atom is -0.497 e. The Morgan fingerprint density at radius 1 is 1.42 bits per heavy atom. The highest BCUT2D eigenvalue weighted by Gasteiger charge is 2.14. The predicted octanol–water partition coefficient (Wildman–Crippen LogP) is 2.98. The zero-order valence-corrected chi connectivity index (χ0v) is 11.4. The first kappa shape index (κ1) is 13.2. The van der Waals surface area contributed by atoms with E-state index in [2.05, 4.69) is 11.1 Å². The fourth-order valence-electron chi connectivity index (χ4n) is 2.02. The van der Waals surface area contributed by atoms with Gasteiger partial charge >= 0.3 is 0 Å². The summed E-state index contributed by atoms with van der Waals surface area (Å²) in [5.74, 6) is 1.68. The zero-order chi connectivity index (χ0) is 13.8. The average molecular weight is 255 g/mol. The van der Waals surface area contributed by atoms with Gasteiger partial charge in [-0.3, -0.25) is 0 Å². The maximum absolute atomic E-state index is 8.81. The summed E-state index contributed by atoms with van der Waals surface area (Å²) in [6.45, 7) is 2.02. The van der Waals surface area contributed by atoms with E-state index in [-0.39, 0.29) is 6.04 Å². The topological polar surface area (TPSA) is 49.1 Å². The smallest absolute Gasteiger partial charge is 0.136 e. The predicted molar refractivity (Wildman–Crippen MR) is 76.4 cm³/mol. The van der Waals surface area contributed by atoms with Gasteiger partial charge in [-0.05, 0) is 30.5 Å². The van der Waals surface area contributed by atoms with E-state index in [4.69, 9.17) is 10.00 Å². The van der Waals surface area contributed by atoms with Crippen molar-refractivity contribution in [2.45, 2.75) is 19.4 Å². The lowest BCUT2D eigenvalue weighted by Crippen LogP contribution is -2.29. The number of hydrogen-bond donors (Lipinski definition) is 0. The van der Waals surface area contributed by atoms with Gasteiger partial charge in [-0.2, -0.15) is 5.26 Å². The third kappa shape index (κ3) is 2.60. The van der Waals surface area contributed by atoms with Crippen LogP contribution in [0.4, 0.5) is 5.82 Å². The molecule has 0 aliphatic heterocycles. The van der Waals surface area contributed by atoms with Crippen LogP contribution in [0.15, 0.2) is 30.5 Å². The van der Waals surface area contributed by atoms with E-state index >= 15 is 0 Å². The fraction of sp³-hybridized carbons (Fsp3) is 0.333. The molecule has 0 amide bonds. The van der Waals surface area contributed by atoms with Gasteiger partial charge in [0, 0.05) is 24.7 Å². The van der Waals surface area contributed by atoms with Crippen LogP contribution in [0.2, 0.25) is 0 Å². The van der Waals surface area contributed by atoms with Crippen LogP contribution < -0.4 is 9.64 Å². The molecular formula is C15H17N3O. The molecule has 0 N–H and O–H groups in total. The molecule has 0 spiro atoms. The molecule has 4 nitrogen and oxygen atoms in total. The number of hydrogen-bond acceptors (Lipinski definition) is 4. The Labute approximate surface area is 113 Å². The van der Waals surface area contributed by atoms with Crippen molar-refractivity contribution in [3.63, 3.8) is 0 Å². The van der Waals surface area contributed by atoms with Gasteiger partial charge in [-0.1, -0.05) is 6.07 Å². The molecule has 0 aliphatic rings. The minimum atomic E-state index is 0.120. The molecule has 2 aromatic rings. The van der Waals surface area contributed by atoms with Gasteiger partial charge < -0.3 is 9.64 Å². The number of benzene rings is 1. The van der Waals surface area contributed by atoms with Crippen molar-refractivity contribution in [2.24, 2.45) is 0 Å². The van der Waals surface area contributed by atoms with Crippen LogP contribution in [0.3, 0.4) is 0 Å². The molecule has 1 heterocycles. The number of methoxy groups -OCH3 is 1. The second-order valence-corrected chi connectivity index (χ2v) is 4.54. The monoisotopic (exact) mass is 255 g/mol. The largest absolute Gasteiger partial charge is 0.497 e. The maximum Gasteiger partial charge on any atom is 0.136 e. The van der Waals surface area contributed by atoms with Gasteiger partial charge in [0.15, 0.2) is 0 Å². The van der Waals surface area contributed by atoms with Crippen LogP contribution in [-0.4, -0.2) is 25.2 Å². The van der Waals surface area contributed by atoms with Crippen molar-refractivity contribution in [3.05, 3.63) is 30.5 Å². The Morgan fingerprint density at radius 2 is 2.21 bits per heavy atom. The molecule has 4 heteroatoms. The van der Waals surface area contributed by atoms with E-state index in [0.717, 1.165) is 22.3 Å². The quantitative estimate of drug-likeness (QED) is 0.842. The SMILES string of the molecule is COc1ccc2ccnc(N(C)C(C)CC#N)c2c1. The average Bonchev–Trinajstić information content (AvgIpc) is 2.45. The first-order valence-corrected chi connectivity index (χ1v) is 6.20. The van der Waals surface area contributed by atoms with Crippen molar-refractivity contribution in [3.8, 4) is 11.8 Å². The standard InChI is InChI=1S/C15H17N3O/c1-11(6-8-16)18(2)15-14-10-13(19-3)5-4-12(14)7-9-17-15/h4-5,7,9-11H,6H2,1-3H3. The first-order chi connectivity index (χ1) is 9.17. The first-order valence-electron chi connectivity index (χ1n) is 6.20. The fourth-order valence-corrected chi connectivity index (χ4v) is 2.02. The van der Waals surface area contributed by atoms with E-state index in [0.29, 0.717) is 6.42 Å². The number of pyridine rings is 1. The van der Waals surface area contributed by atoms with Gasteiger partial charge in [0.25, 0.3) is 0 Å². The van der Waals surface area contributed by atoms with Crippen LogP contribution in [0.25, 0.3) is 10.8 Å². The lowest BCUT2D eigenvalue weighted by atomic mass is 10.1. The van der Waals surface area contributed by atoms with Crippen molar-refractivity contribution in [2.75, 3.05) is 19.1 Å². The molecule has 0 fully saturated rings. The molecule has 19 heavy (non-hydrogen) atoms. The molecule has 0 saturated heterocycles. The number of nitriles is 1. The molecule has 1 aromatic heterocycles. The van der Waals surface area contributed by atoms with E-state index in [1.165, 1.54) is 0 Å². The number of fused-ring (bicyclic) bond motifs is 1. The summed E-state index contributed by atoms with van der Waals surface area (Å²) in [7, 11) is 3.61. The summed E-state index contributed by atoms with van der Waals surface area (Å²) in [5.41, 5.74) is 0. The molecule has 98 valence electrons. The van der Waals surface area contributed by atoms with Crippen LogP contribution >= 0.6 is 0 Å². The molecule has 1 atom stereocenters. The molecule has 0 saturated carbocycles. The summed E-state index contributed by atoms with van der Waals surface area (Å²) >= 11 is 0. The van der Waals surface area contributed by atoms with Crippen molar-refractivity contribution in [1.29, 1.82) is 5.26 Å². The highest BCUT2D eigenvalue weighted by atomic mass is 16.5. The van der Waals surface area contributed by atoms with E-state index in [1.54, 1.807) is 13.3 Å². The maximum atomic E-state index is 8.81. The Kier molecular flexibility index (Phi) is 3.86. The van der Waals surface area contributed by atoms with Crippen LogP contribution in [-0.2, 0) is 0 Å². The normalized spacial score (nSPS) is 11.9.